The van der Waals surface area contributed by atoms with Crippen LogP contribution >= 0.6 is 0 Å². The van der Waals surface area contributed by atoms with Crippen LogP contribution in [-0.2, 0) is 9.47 Å². The number of hydrogen-bond donors (Lipinski definition) is 1. The van der Waals surface area contributed by atoms with E-state index in [-0.39, 0.29) is 12.1 Å². The second kappa shape index (κ2) is 5.16. The van der Waals surface area contributed by atoms with Gasteiger partial charge in [0.1, 0.15) is 11.9 Å². The van der Waals surface area contributed by atoms with Gasteiger partial charge in [-0.1, -0.05) is 12.8 Å². The fraction of sp³-hybridized carbons (Fsp3) is 0.750. The summed E-state index contributed by atoms with van der Waals surface area (Å²) < 4.78 is 11.0. The minimum atomic E-state index is -0.204. The molecule has 0 bridgehead atoms. The Morgan fingerprint density at radius 3 is 2.50 bits per heavy atom. The molecule has 98 valence electrons. The molecule has 2 N–H and O–H groups in total. The van der Waals surface area contributed by atoms with E-state index in [1.54, 1.807) is 0 Å². The first-order valence-corrected chi connectivity index (χ1v) is 6.53. The lowest BCUT2D eigenvalue weighted by Gasteiger charge is -2.22. The Balaban J connectivity index is 1.84. The van der Waals surface area contributed by atoms with Crippen LogP contribution in [0.5, 0.6) is 0 Å². The van der Waals surface area contributed by atoms with Gasteiger partial charge in [-0.15, -0.1) is 0 Å². The predicted molar refractivity (Wildman–Crippen MR) is 65.0 cm³/mol. The number of hydrogen-bond acceptors (Lipinski definition) is 6. The Kier molecular flexibility index (Phi) is 3.38. The van der Waals surface area contributed by atoms with Crippen molar-refractivity contribution in [3.63, 3.8) is 0 Å². The number of anilines is 1. The summed E-state index contributed by atoms with van der Waals surface area (Å²) in [7, 11) is 0. The van der Waals surface area contributed by atoms with Gasteiger partial charge < -0.3 is 15.2 Å². The van der Waals surface area contributed by atoms with Gasteiger partial charge in [0.05, 0.1) is 19.8 Å². The Bertz CT molecular complexity index is 415. The van der Waals surface area contributed by atoms with E-state index in [9.17, 15) is 0 Å². The van der Waals surface area contributed by atoms with Gasteiger partial charge in [0.15, 0.2) is 5.82 Å². The summed E-state index contributed by atoms with van der Waals surface area (Å²) in [6.07, 6.45) is 4.57. The van der Waals surface area contributed by atoms with E-state index in [4.69, 9.17) is 15.2 Å². The highest BCUT2D eigenvalue weighted by molar-refractivity contribution is 5.19. The quantitative estimate of drug-likeness (QED) is 0.849. The molecule has 0 radical (unpaired) electrons. The lowest BCUT2D eigenvalue weighted by molar-refractivity contribution is -0.0936. The SMILES string of the molecule is Nc1nc(C2CCCC2)nc(C2COCCO2)n1. The second-order valence-corrected chi connectivity index (χ2v) is 4.83. The van der Waals surface area contributed by atoms with Gasteiger partial charge in [-0.05, 0) is 12.8 Å². The maximum absolute atomic E-state index is 5.78. The Hall–Kier alpha value is -1.27. The van der Waals surface area contributed by atoms with Crippen LogP contribution in [0.3, 0.4) is 0 Å². The van der Waals surface area contributed by atoms with Gasteiger partial charge in [0.25, 0.3) is 0 Å². The molecule has 2 aliphatic rings. The van der Waals surface area contributed by atoms with Gasteiger partial charge >= 0.3 is 0 Å². The summed E-state index contributed by atoms with van der Waals surface area (Å²) in [5.74, 6) is 2.16. The van der Waals surface area contributed by atoms with E-state index in [0.717, 1.165) is 18.7 Å². The first-order valence-electron chi connectivity index (χ1n) is 6.53. The van der Waals surface area contributed by atoms with E-state index < -0.39 is 0 Å². The number of nitrogens with zero attached hydrogens (tertiary/aromatic N) is 3. The predicted octanol–water partition coefficient (Wildman–Crippen LogP) is 1.20. The van der Waals surface area contributed by atoms with Crippen molar-refractivity contribution in [3.05, 3.63) is 11.6 Å². The van der Waals surface area contributed by atoms with E-state index >= 15 is 0 Å². The smallest absolute Gasteiger partial charge is 0.223 e. The minimum absolute atomic E-state index is 0.204. The lowest BCUT2D eigenvalue weighted by Crippen LogP contribution is -2.25. The number of nitrogens with two attached hydrogens (primary N) is 1. The fourth-order valence-electron chi connectivity index (χ4n) is 2.57. The van der Waals surface area contributed by atoms with Crippen molar-refractivity contribution in [1.82, 2.24) is 15.0 Å². The van der Waals surface area contributed by atoms with Crippen molar-refractivity contribution in [2.24, 2.45) is 0 Å². The number of rotatable bonds is 2. The minimum Gasteiger partial charge on any atom is -0.376 e. The molecule has 6 heteroatoms. The molecule has 1 unspecified atom stereocenters. The van der Waals surface area contributed by atoms with E-state index in [0.29, 0.717) is 31.6 Å². The molecule has 1 aromatic heterocycles. The maximum Gasteiger partial charge on any atom is 0.223 e. The molecule has 6 nitrogen and oxygen atoms in total. The molecule has 0 amide bonds. The molecule has 1 saturated heterocycles. The summed E-state index contributed by atoms with van der Waals surface area (Å²) in [6.45, 7) is 1.70. The van der Waals surface area contributed by atoms with Crippen LogP contribution in [0.25, 0.3) is 0 Å². The molecule has 1 aliphatic heterocycles. The molecular weight excluding hydrogens is 232 g/mol. The molecule has 0 aromatic carbocycles. The molecule has 18 heavy (non-hydrogen) atoms. The zero-order valence-electron chi connectivity index (χ0n) is 10.3. The van der Waals surface area contributed by atoms with Crippen LogP contribution in [0.4, 0.5) is 5.95 Å². The second-order valence-electron chi connectivity index (χ2n) is 4.83. The van der Waals surface area contributed by atoms with Crippen molar-refractivity contribution in [1.29, 1.82) is 0 Å². The molecule has 1 atom stereocenters. The van der Waals surface area contributed by atoms with Gasteiger partial charge in [-0.3, -0.25) is 0 Å². The van der Waals surface area contributed by atoms with E-state index in [1.165, 1.54) is 12.8 Å². The van der Waals surface area contributed by atoms with Gasteiger partial charge in [-0.25, -0.2) is 4.98 Å². The van der Waals surface area contributed by atoms with Crippen molar-refractivity contribution < 1.29 is 9.47 Å². The topological polar surface area (TPSA) is 83.2 Å². The Morgan fingerprint density at radius 1 is 1.00 bits per heavy atom. The van der Waals surface area contributed by atoms with Gasteiger partial charge in [0, 0.05) is 5.92 Å². The Labute approximate surface area is 106 Å². The third kappa shape index (κ3) is 2.44. The number of nitrogen functional groups attached to an aromatic ring is 1. The third-order valence-corrected chi connectivity index (χ3v) is 3.51. The highest BCUT2D eigenvalue weighted by Crippen LogP contribution is 2.32. The average Bonchev–Trinajstić information content (AvgIpc) is 2.93. The average molecular weight is 250 g/mol. The number of ether oxygens (including phenoxy) is 2. The number of aromatic nitrogens is 3. The molecule has 1 saturated carbocycles. The highest BCUT2D eigenvalue weighted by Gasteiger charge is 2.25. The molecular formula is C12H18N4O2. The molecule has 2 fully saturated rings. The Morgan fingerprint density at radius 2 is 1.78 bits per heavy atom. The van der Waals surface area contributed by atoms with Crippen LogP contribution in [-0.4, -0.2) is 34.8 Å². The molecule has 1 aliphatic carbocycles. The van der Waals surface area contributed by atoms with E-state index in [1.807, 2.05) is 0 Å². The summed E-state index contributed by atoms with van der Waals surface area (Å²) in [4.78, 5) is 13.0. The van der Waals surface area contributed by atoms with Crippen LogP contribution in [0.2, 0.25) is 0 Å². The van der Waals surface area contributed by atoms with Crippen LogP contribution in [0.15, 0.2) is 0 Å². The highest BCUT2D eigenvalue weighted by atomic mass is 16.6. The van der Waals surface area contributed by atoms with Crippen LogP contribution in [0.1, 0.15) is 49.4 Å². The summed E-state index contributed by atoms with van der Waals surface area (Å²) >= 11 is 0. The monoisotopic (exact) mass is 250 g/mol. The fourth-order valence-corrected chi connectivity index (χ4v) is 2.57. The summed E-state index contributed by atoms with van der Waals surface area (Å²) in [5.41, 5.74) is 5.78. The normalized spacial score (nSPS) is 25.4. The first kappa shape index (κ1) is 11.8. The lowest BCUT2D eigenvalue weighted by atomic mass is 10.1. The largest absolute Gasteiger partial charge is 0.376 e. The van der Waals surface area contributed by atoms with Crippen LogP contribution in [0, 0.1) is 0 Å². The summed E-state index contributed by atoms with van der Waals surface area (Å²) in [5, 5.41) is 0. The van der Waals surface area contributed by atoms with Crippen molar-refractivity contribution >= 4 is 5.95 Å². The van der Waals surface area contributed by atoms with Gasteiger partial charge in [0.2, 0.25) is 5.95 Å². The van der Waals surface area contributed by atoms with Gasteiger partial charge in [-0.2, -0.15) is 9.97 Å². The van der Waals surface area contributed by atoms with Crippen molar-refractivity contribution in [2.45, 2.75) is 37.7 Å². The van der Waals surface area contributed by atoms with Crippen LogP contribution < -0.4 is 5.73 Å². The van der Waals surface area contributed by atoms with Crippen molar-refractivity contribution in [2.75, 3.05) is 25.6 Å². The zero-order chi connectivity index (χ0) is 12.4. The first-order chi connectivity index (χ1) is 8.83. The maximum atomic E-state index is 5.78. The third-order valence-electron chi connectivity index (χ3n) is 3.51. The molecule has 1 aromatic rings. The van der Waals surface area contributed by atoms with Crippen molar-refractivity contribution in [3.8, 4) is 0 Å². The molecule has 2 heterocycles. The molecule has 0 spiro atoms. The molecule has 3 rings (SSSR count). The van der Waals surface area contributed by atoms with E-state index in [2.05, 4.69) is 15.0 Å². The zero-order valence-corrected chi connectivity index (χ0v) is 10.3. The standard InChI is InChI=1S/C12H18N4O2/c13-12-15-10(8-3-1-2-4-8)14-11(16-12)9-7-17-5-6-18-9/h8-9H,1-7H2,(H2,13,14,15,16). The summed E-state index contributed by atoms with van der Waals surface area (Å²) in [6, 6.07) is 0.